The van der Waals surface area contributed by atoms with Gasteiger partial charge in [-0.25, -0.2) is 4.39 Å². The molecule has 0 heterocycles. The molecule has 0 aliphatic heterocycles. The van der Waals surface area contributed by atoms with E-state index in [1.807, 2.05) is 19.1 Å². The topological polar surface area (TPSA) is 58.2 Å². The molecule has 0 fully saturated rings. The van der Waals surface area contributed by atoms with Gasteiger partial charge < -0.3 is 10.6 Å². The molecule has 0 radical (unpaired) electrons. The summed E-state index contributed by atoms with van der Waals surface area (Å²) in [6.07, 6.45) is 0.428. The predicted octanol–water partition coefficient (Wildman–Crippen LogP) is 3.58. The van der Waals surface area contributed by atoms with Crippen molar-refractivity contribution >= 4 is 33.4 Å². The highest BCUT2D eigenvalue weighted by molar-refractivity contribution is 9.10. The van der Waals surface area contributed by atoms with Crippen molar-refractivity contribution in [2.75, 3.05) is 11.9 Å². The van der Waals surface area contributed by atoms with E-state index in [4.69, 9.17) is 0 Å². The molecule has 2 aromatic carbocycles. The summed E-state index contributed by atoms with van der Waals surface area (Å²) in [6.45, 7) is 1.76. The Morgan fingerprint density at radius 1 is 1.12 bits per heavy atom. The fraction of sp³-hybridized carbons (Fsp3) is 0.222. The van der Waals surface area contributed by atoms with E-state index < -0.39 is 0 Å². The lowest BCUT2D eigenvalue weighted by molar-refractivity contribution is -0.124. The number of benzene rings is 2. The fourth-order valence-corrected chi connectivity index (χ4v) is 2.65. The lowest BCUT2D eigenvalue weighted by Crippen LogP contribution is -2.33. The van der Waals surface area contributed by atoms with Gasteiger partial charge in [0.05, 0.1) is 6.54 Å². The molecule has 0 saturated carbocycles. The van der Waals surface area contributed by atoms with Crippen LogP contribution in [-0.2, 0) is 16.0 Å². The van der Waals surface area contributed by atoms with E-state index in [0.29, 0.717) is 17.7 Å². The molecule has 0 aromatic heterocycles. The van der Waals surface area contributed by atoms with Crippen molar-refractivity contribution in [2.24, 2.45) is 0 Å². The van der Waals surface area contributed by atoms with Crippen LogP contribution in [0.5, 0.6) is 0 Å². The molecule has 2 aromatic rings. The van der Waals surface area contributed by atoms with Crippen molar-refractivity contribution in [3.63, 3.8) is 0 Å². The molecule has 2 N–H and O–H groups in total. The summed E-state index contributed by atoms with van der Waals surface area (Å²) in [6, 6.07) is 11.8. The van der Waals surface area contributed by atoms with Crippen molar-refractivity contribution in [2.45, 2.75) is 19.8 Å². The zero-order valence-corrected chi connectivity index (χ0v) is 14.8. The van der Waals surface area contributed by atoms with Crippen LogP contribution in [0.1, 0.15) is 17.5 Å². The SMILES string of the molecule is Cc1cc(Br)ccc1NC(=O)CNC(=O)CCc1ccccc1F. The lowest BCUT2D eigenvalue weighted by atomic mass is 10.1. The molecule has 24 heavy (non-hydrogen) atoms. The molecule has 0 aliphatic carbocycles. The molecule has 0 bridgehead atoms. The third kappa shape index (κ3) is 5.45. The Hall–Kier alpha value is -2.21. The van der Waals surface area contributed by atoms with E-state index in [9.17, 15) is 14.0 Å². The number of hydrogen-bond acceptors (Lipinski definition) is 2. The first-order valence-corrected chi connectivity index (χ1v) is 8.31. The number of aryl methyl sites for hydroxylation is 2. The lowest BCUT2D eigenvalue weighted by Gasteiger charge is -2.10. The number of halogens is 2. The Morgan fingerprint density at radius 3 is 2.58 bits per heavy atom. The second-order valence-electron chi connectivity index (χ2n) is 5.38. The third-order valence-electron chi connectivity index (χ3n) is 3.49. The molecule has 126 valence electrons. The minimum Gasteiger partial charge on any atom is -0.347 e. The molecule has 0 unspecified atom stereocenters. The minimum atomic E-state index is -0.325. The summed E-state index contributed by atoms with van der Waals surface area (Å²) in [5, 5.41) is 5.28. The highest BCUT2D eigenvalue weighted by atomic mass is 79.9. The van der Waals surface area contributed by atoms with Crippen molar-refractivity contribution < 1.29 is 14.0 Å². The Kier molecular flexibility index (Phi) is 6.49. The number of anilines is 1. The number of rotatable bonds is 6. The van der Waals surface area contributed by atoms with Crippen LogP contribution in [0.4, 0.5) is 10.1 Å². The average Bonchev–Trinajstić information content (AvgIpc) is 2.55. The van der Waals surface area contributed by atoms with Crippen LogP contribution in [0.15, 0.2) is 46.9 Å². The smallest absolute Gasteiger partial charge is 0.243 e. The highest BCUT2D eigenvalue weighted by Crippen LogP contribution is 2.19. The second-order valence-corrected chi connectivity index (χ2v) is 6.29. The van der Waals surface area contributed by atoms with Crippen LogP contribution < -0.4 is 10.6 Å². The quantitative estimate of drug-likeness (QED) is 0.788. The Morgan fingerprint density at radius 2 is 1.88 bits per heavy atom. The zero-order chi connectivity index (χ0) is 17.5. The van der Waals surface area contributed by atoms with Gasteiger partial charge in [0.25, 0.3) is 0 Å². The molecule has 6 heteroatoms. The van der Waals surface area contributed by atoms with E-state index in [1.54, 1.807) is 24.3 Å². The maximum Gasteiger partial charge on any atom is 0.243 e. The molecule has 2 rings (SSSR count). The van der Waals surface area contributed by atoms with Gasteiger partial charge >= 0.3 is 0 Å². The molecule has 0 atom stereocenters. The summed E-state index contributed by atoms with van der Waals surface area (Å²) >= 11 is 3.36. The monoisotopic (exact) mass is 392 g/mol. The van der Waals surface area contributed by atoms with Crippen LogP contribution in [0, 0.1) is 12.7 Å². The van der Waals surface area contributed by atoms with Gasteiger partial charge in [0.1, 0.15) is 5.82 Å². The number of hydrogen-bond donors (Lipinski definition) is 2. The van der Waals surface area contributed by atoms with Crippen molar-refractivity contribution in [1.29, 1.82) is 0 Å². The first-order chi connectivity index (χ1) is 11.5. The van der Waals surface area contributed by atoms with E-state index in [-0.39, 0.29) is 30.6 Å². The van der Waals surface area contributed by atoms with Crippen LogP contribution in [-0.4, -0.2) is 18.4 Å². The van der Waals surface area contributed by atoms with Gasteiger partial charge in [-0.2, -0.15) is 0 Å². The average molecular weight is 393 g/mol. The molecule has 0 aliphatic rings. The molecular weight excluding hydrogens is 375 g/mol. The Bertz CT molecular complexity index is 750. The summed E-state index contributed by atoms with van der Waals surface area (Å²) in [5.74, 6) is -0.922. The first kappa shape index (κ1) is 18.1. The fourth-order valence-electron chi connectivity index (χ4n) is 2.18. The standard InChI is InChI=1S/C18H18BrFN2O2/c1-12-10-14(19)7-8-16(12)22-18(24)11-21-17(23)9-6-13-4-2-3-5-15(13)20/h2-5,7-8,10H,6,9,11H2,1H3,(H,21,23)(H,22,24). The Labute approximate surface area is 148 Å². The zero-order valence-electron chi connectivity index (χ0n) is 13.2. The maximum atomic E-state index is 13.5. The molecule has 2 amide bonds. The van der Waals surface area contributed by atoms with Gasteiger partial charge in [0.2, 0.25) is 11.8 Å². The van der Waals surface area contributed by atoms with Gasteiger partial charge in [-0.3, -0.25) is 9.59 Å². The minimum absolute atomic E-state index is 0.119. The molecular formula is C18H18BrFN2O2. The number of carbonyl (C=O) groups is 2. The molecule has 0 saturated heterocycles. The maximum absolute atomic E-state index is 13.5. The number of nitrogens with one attached hydrogen (secondary N) is 2. The van der Waals surface area contributed by atoms with E-state index in [0.717, 1.165) is 10.0 Å². The van der Waals surface area contributed by atoms with E-state index >= 15 is 0 Å². The summed E-state index contributed by atoms with van der Waals surface area (Å²) < 4.78 is 14.4. The largest absolute Gasteiger partial charge is 0.347 e. The summed E-state index contributed by atoms with van der Waals surface area (Å²) in [7, 11) is 0. The van der Waals surface area contributed by atoms with E-state index in [2.05, 4.69) is 26.6 Å². The normalized spacial score (nSPS) is 10.3. The van der Waals surface area contributed by atoms with Crippen molar-refractivity contribution in [3.8, 4) is 0 Å². The van der Waals surface area contributed by atoms with Crippen LogP contribution in [0.3, 0.4) is 0 Å². The van der Waals surface area contributed by atoms with E-state index in [1.165, 1.54) is 6.07 Å². The van der Waals surface area contributed by atoms with Gasteiger partial charge in [-0.15, -0.1) is 0 Å². The van der Waals surface area contributed by atoms with Crippen LogP contribution >= 0.6 is 15.9 Å². The van der Waals surface area contributed by atoms with Crippen LogP contribution in [0.25, 0.3) is 0 Å². The summed E-state index contributed by atoms with van der Waals surface area (Å²) in [4.78, 5) is 23.7. The van der Waals surface area contributed by atoms with Gasteiger partial charge in [-0.1, -0.05) is 34.1 Å². The van der Waals surface area contributed by atoms with Gasteiger partial charge in [0, 0.05) is 16.6 Å². The van der Waals surface area contributed by atoms with Gasteiger partial charge in [-0.05, 0) is 48.7 Å². The summed E-state index contributed by atoms with van der Waals surface area (Å²) in [5.41, 5.74) is 2.11. The Balaban J connectivity index is 1.77. The highest BCUT2D eigenvalue weighted by Gasteiger charge is 2.09. The third-order valence-corrected chi connectivity index (χ3v) is 3.98. The number of carbonyl (C=O) groups excluding carboxylic acids is 2. The predicted molar refractivity (Wildman–Crippen MR) is 95.2 cm³/mol. The second kappa shape index (κ2) is 8.59. The van der Waals surface area contributed by atoms with Crippen molar-refractivity contribution in [3.05, 3.63) is 63.9 Å². The molecule has 4 nitrogen and oxygen atoms in total. The number of amides is 2. The van der Waals surface area contributed by atoms with Gasteiger partial charge in [0.15, 0.2) is 0 Å². The van der Waals surface area contributed by atoms with Crippen LogP contribution in [0.2, 0.25) is 0 Å². The van der Waals surface area contributed by atoms with Crippen molar-refractivity contribution in [1.82, 2.24) is 5.32 Å². The first-order valence-electron chi connectivity index (χ1n) is 7.52. The molecule has 0 spiro atoms.